The van der Waals surface area contributed by atoms with Gasteiger partial charge in [0.1, 0.15) is 0 Å². The van der Waals surface area contributed by atoms with Gasteiger partial charge in [0.05, 0.1) is 0 Å². The molecular weight excluding hydrogens is 204 g/mol. The highest BCUT2D eigenvalue weighted by Gasteiger charge is 2.01. The summed E-state index contributed by atoms with van der Waals surface area (Å²) in [5.41, 5.74) is -0.0477. The molecule has 90 valence electrons. The number of aryl methyl sites for hydroxylation is 1. The molecule has 0 aromatic carbocycles. The Morgan fingerprint density at radius 1 is 1.38 bits per heavy atom. The minimum absolute atomic E-state index is 0.0477. The van der Waals surface area contributed by atoms with Gasteiger partial charge in [-0.15, -0.1) is 0 Å². The highest BCUT2D eigenvalue weighted by atomic mass is 16.1. The van der Waals surface area contributed by atoms with Crippen LogP contribution in [-0.4, -0.2) is 29.2 Å². The zero-order valence-corrected chi connectivity index (χ0v) is 9.99. The summed E-state index contributed by atoms with van der Waals surface area (Å²) in [5, 5.41) is 6.29. The minimum atomic E-state index is -0.0477. The first-order valence-corrected chi connectivity index (χ1v) is 5.79. The SMILES string of the molecule is CCNCCCNc1nccn(CC)c1=O. The zero-order chi connectivity index (χ0) is 11.8. The molecule has 0 bridgehead atoms. The number of anilines is 1. The lowest BCUT2D eigenvalue weighted by atomic mass is 10.4. The molecule has 16 heavy (non-hydrogen) atoms. The highest BCUT2D eigenvalue weighted by molar-refractivity contribution is 5.30. The second-order valence-corrected chi connectivity index (χ2v) is 3.50. The van der Waals surface area contributed by atoms with E-state index in [1.54, 1.807) is 17.0 Å². The molecule has 0 fully saturated rings. The van der Waals surface area contributed by atoms with E-state index >= 15 is 0 Å². The van der Waals surface area contributed by atoms with Crippen molar-refractivity contribution in [2.75, 3.05) is 25.0 Å². The molecule has 5 heteroatoms. The summed E-state index contributed by atoms with van der Waals surface area (Å²) in [5.74, 6) is 0.445. The van der Waals surface area contributed by atoms with Gasteiger partial charge in [0, 0.05) is 25.5 Å². The summed E-state index contributed by atoms with van der Waals surface area (Å²) in [6.07, 6.45) is 4.33. The van der Waals surface area contributed by atoms with E-state index in [0.29, 0.717) is 12.4 Å². The number of aromatic nitrogens is 2. The van der Waals surface area contributed by atoms with Crippen molar-refractivity contribution in [1.82, 2.24) is 14.9 Å². The molecule has 5 nitrogen and oxygen atoms in total. The molecule has 0 atom stereocenters. The number of rotatable bonds is 7. The van der Waals surface area contributed by atoms with E-state index in [4.69, 9.17) is 0 Å². The van der Waals surface area contributed by atoms with Crippen LogP contribution in [0.25, 0.3) is 0 Å². The molecule has 0 unspecified atom stereocenters. The lowest BCUT2D eigenvalue weighted by Crippen LogP contribution is -2.25. The molecule has 2 N–H and O–H groups in total. The van der Waals surface area contributed by atoms with Crippen LogP contribution < -0.4 is 16.2 Å². The van der Waals surface area contributed by atoms with Gasteiger partial charge in [0.15, 0.2) is 5.82 Å². The third-order valence-electron chi connectivity index (χ3n) is 2.33. The van der Waals surface area contributed by atoms with E-state index in [-0.39, 0.29) is 5.56 Å². The molecule has 1 rings (SSSR count). The molecule has 0 aliphatic carbocycles. The summed E-state index contributed by atoms with van der Waals surface area (Å²) >= 11 is 0. The van der Waals surface area contributed by atoms with Gasteiger partial charge in [0.25, 0.3) is 5.56 Å². The predicted octanol–water partition coefficient (Wildman–Crippen LogP) is 0.675. The largest absolute Gasteiger partial charge is 0.365 e. The van der Waals surface area contributed by atoms with Crippen LogP contribution in [0.15, 0.2) is 17.2 Å². The van der Waals surface area contributed by atoms with Crippen LogP contribution >= 0.6 is 0 Å². The summed E-state index contributed by atoms with van der Waals surface area (Å²) in [6.45, 7) is 7.39. The van der Waals surface area contributed by atoms with Crippen LogP contribution in [0.4, 0.5) is 5.82 Å². The average Bonchev–Trinajstić information content (AvgIpc) is 2.31. The molecule has 1 aromatic rings. The number of hydrogen-bond donors (Lipinski definition) is 2. The Bertz CT molecular complexity index is 361. The maximum atomic E-state index is 11.7. The fraction of sp³-hybridized carbons (Fsp3) is 0.636. The standard InChI is InChI=1S/C11H20N4O/c1-3-12-6-5-7-13-10-11(16)15(4-2)9-8-14-10/h8-9,12H,3-7H2,1-2H3,(H,13,14). The predicted molar refractivity (Wildman–Crippen MR) is 65.8 cm³/mol. The highest BCUT2D eigenvalue weighted by Crippen LogP contribution is 1.92. The van der Waals surface area contributed by atoms with Crippen molar-refractivity contribution in [2.45, 2.75) is 26.8 Å². The van der Waals surface area contributed by atoms with E-state index in [0.717, 1.165) is 26.1 Å². The van der Waals surface area contributed by atoms with Gasteiger partial charge in [-0.3, -0.25) is 4.79 Å². The Kier molecular flexibility index (Phi) is 5.56. The Hall–Kier alpha value is -1.36. The second kappa shape index (κ2) is 7.00. The molecule has 0 amide bonds. The lowest BCUT2D eigenvalue weighted by molar-refractivity contribution is 0.684. The van der Waals surface area contributed by atoms with E-state index in [2.05, 4.69) is 22.5 Å². The summed E-state index contributed by atoms with van der Waals surface area (Å²) in [6, 6.07) is 0. The van der Waals surface area contributed by atoms with Crippen LogP contribution in [-0.2, 0) is 6.54 Å². The van der Waals surface area contributed by atoms with E-state index in [1.165, 1.54) is 0 Å². The summed E-state index contributed by atoms with van der Waals surface area (Å²) in [7, 11) is 0. The zero-order valence-electron chi connectivity index (χ0n) is 9.99. The summed E-state index contributed by atoms with van der Waals surface area (Å²) < 4.78 is 1.64. The molecule has 0 saturated carbocycles. The molecule has 1 aromatic heterocycles. The van der Waals surface area contributed by atoms with Crippen molar-refractivity contribution >= 4 is 5.82 Å². The van der Waals surface area contributed by atoms with Gasteiger partial charge in [0.2, 0.25) is 0 Å². The Morgan fingerprint density at radius 2 is 2.19 bits per heavy atom. The first-order chi connectivity index (χ1) is 7.79. The first-order valence-electron chi connectivity index (χ1n) is 5.79. The van der Waals surface area contributed by atoms with Gasteiger partial charge in [-0.05, 0) is 26.4 Å². The van der Waals surface area contributed by atoms with Crippen molar-refractivity contribution in [3.8, 4) is 0 Å². The third-order valence-corrected chi connectivity index (χ3v) is 2.33. The molecule has 0 radical (unpaired) electrons. The van der Waals surface area contributed by atoms with Crippen LogP contribution in [0.5, 0.6) is 0 Å². The average molecular weight is 224 g/mol. The van der Waals surface area contributed by atoms with Crippen molar-refractivity contribution in [3.63, 3.8) is 0 Å². The second-order valence-electron chi connectivity index (χ2n) is 3.50. The Balaban J connectivity index is 2.45. The van der Waals surface area contributed by atoms with Crippen molar-refractivity contribution in [2.24, 2.45) is 0 Å². The Labute approximate surface area is 95.9 Å². The number of nitrogens with zero attached hydrogens (tertiary/aromatic N) is 2. The number of hydrogen-bond acceptors (Lipinski definition) is 4. The van der Waals surface area contributed by atoms with Crippen LogP contribution in [0.2, 0.25) is 0 Å². The van der Waals surface area contributed by atoms with Crippen molar-refractivity contribution in [3.05, 3.63) is 22.7 Å². The summed E-state index contributed by atoms with van der Waals surface area (Å²) in [4.78, 5) is 15.8. The van der Waals surface area contributed by atoms with Gasteiger partial charge in [-0.2, -0.15) is 0 Å². The maximum absolute atomic E-state index is 11.7. The molecule has 0 saturated heterocycles. The van der Waals surface area contributed by atoms with Gasteiger partial charge in [-0.25, -0.2) is 4.98 Å². The van der Waals surface area contributed by atoms with E-state index < -0.39 is 0 Å². The van der Waals surface area contributed by atoms with E-state index in [1.807, 2.05) is 6.92 Å². The van der Waals surface area contributed by atoms with Gasteiger partial charge in [-0.1, -0.05) is 6.92 Å². The van der Waals surface area contributed by atoms with Gasteiger partial charge < -0.3 is 15.2 Å². The number of nitrogens with one attached hydrogen (secondary N) is 2. The normalized spacial score (nSPS) is 10.4. The Morgan fingerprint density at radius 3 is 2.88 bits per heavy atom. The first kappa shape index (κ1) is 12.7. The topological polar surface area (TPSA) is 59.0 Å². The maximum Gasteiger partial charge on any atom is 0.293 e. The molecule has 0 aliphatic rings. The van der Waals surface area contributed by atoms with E-state index in [9.17, 15) is 4.79 Å². The third kappa shape index (κ3) is 3.66. The minimum Gasteiger partial charge on any atom is -0.365 e. The molecular formula is C11H20N4O. The lowest BCUT2D eigenvalue weighted by Gasteiger charge is -2.07. The van der Waals surface area contributed by atoms with Crippen molar-refractivity contribution < 1.29 is 0 Å². The van der Waals surface area contributed by atoms with Gasteiger partial charge >= 0.3 is 0 Å². The van der Waals surface area contributed by atoms with Crippen LogP contribution in [0.1, 0.15) is 20.3 Å². The van der Waals surface area contributed by atoms with Crippen molar-refractivity contribution in [1.29, 1.82) is 0 Å². The monoisotopic (exact) mass is 224 g/mol. The van der Waals surface area contributed by atoms with Crippen LogP contribution in [0, 0.1) is 0 Å². The smallest absolute Gasteiger partial charge is 0.293 e. The molecule has 0 spiro atoms. The van der Waals surface area contributed by atoms with Crippen LogP contribution in [0.3, 0.4) is 0 Å². The fourth-order valence-electron chi connectivity index (χ4n) is 1.41. The molecule has 1 heterocycles. The quantitative estimate of drug-likeness (QED) is 0.669. The molecule has 0 aliphatic heterocycles. The fourth-order valence-corrected chi connectivity index (χ4v) is 1.41.